The van der Waals surface area contributed by atoms with Gasteiger partial charge in [-0.05, 0) is 17.7 Å². The second kappa shape index (κ2) is 6.16. The summed E-state index contributed by atoms with van der Waals surface area (Å²) in [5.74, 6) is -0.240. The molecule has 0 aliphatic carbocycles. The van der Waals surface area contributed by atoms with Gasteiger partial charge in [-0.1, -0.05) is 12.1 Å². The van der Waals surface area contributed by atoms with Gasteiger partial charge in [0.2, 0.25) is 0 Å². The maximum atomic E-state index is 11.6. The number of ether oxygens (including phenoxy) is 1. The lowest BCUT2D eigenvalue weighted by atomic mass is 10.1. The van der Waals surface area contributed by atoms with Crippen LogP contribution in [0, 0.1) is 0 Å². The molecule has 18 heavy (non-hydrogen) atoms. The molecule has 0 aliphatic rings. The van der Waals surface area contributed by atoms with Crippen LogP contribution in [0.1, 0.15) is 11.3 Å². The van der Waals surface area contributed by atoms with Gasteiger partial charge in [0.25, 0.3) is 0 Å². The molecule has 0 radical (unpaired) electrons. The molecule has 2 rings (SSSR count). The molecule has 0 aliphatic heterocycles. The van der Waals surface area contributed by atoms with E-state index in [0.717, 1.165) is 11.3 Å². The van der Waals surface area contributed by atoms with Gasteiger partial charge in [0.1, 0.15) is 0 Å². The first-order chi connectivity index (χ1) is 8.74. The number of hydrogen-bond acceptors (Lipinski definition) is 5. The van der Waals surface area contributed by atoms with Crippen LogP contribution in [0.4, 0.5) is 5.69 Å². The molecule has 2 aromatic rings. The number of anilines is 1. The molecule has 0 fully saturated rings. The number of esters is 1. The Hall–Kier alpha value is -1.88. The molecule has 2 N–H and O–H groups in total. The number of nitrogens with two attached hydrogens (primary N) is 1. The summed E-state index contributed by atoms with van der Waals surface area (Å²) < 4.78 is 5.14. The number of carbonyl (C=O) groups is 1. The number of thiazole rings is 1. The van der Waals surface area contributed by atoms with Crippen molar-refractivity contribution in [3.8, 4) is 0 Å². The fourth-order valence-corrected chi connectivity index (χ4v) is 2.14. The molecule has 4 nitrogen and oxygen atoms in total. The summed E-state index contributed by atoms with van der Waals surface area (Å²) in [6.07, 6.45) is 0.911. The molecule has 0 saturated carbocycles. The third kappa shape index (κ3) is 3.85. The van der Waals surface area contributed by atoms with Crippen LogP contribution >= 0.6 is 11.3 Å². The van der Waals surface area contributed by atoms with E-state index in [2.05, 4.69) is 4.98 Å². The van der Waals surface area contributed by atoms with E-state index in [1.807, 2.05) is 17.5 Å². The average Bonchev–Trinajstić information content (AvgIpc) is 2.82. The largest absolute Gasteiger partial charge is 0.465 e. The van der Waals surface area contributed by atoms with Crippen LogP contribution in [0.5, 0.6) is 0 Å². The minimum atomic E-state index is -0.240. The quantitative estimate of drug-likeness (QED) is 0.661. The highest BCUT2D eigenvalue weighted by molar-refractivity contribution is 7.07. The smallest absolute Gasteiger partial charge is 0.310 e. The minimum absolute atomic E-state index is 0.240. The van der Waals surface area contributed by atoms with Crippen LogP contribution in [-0.4, -0.2) is 17.6 Å². The van der Waals surface area contributed by atoms with E-state index in [-0.39, 0.29) is 12.4 Å². The van der Waals surface area contributed by atoms with Crippen molar-refractivity contribution in [3.63, 3.8) is 0 Å². The second-order valence-electron chi connectivity index (χ2n) is 3.87. The molecule has 0 amide bonds. The van der Waals surface area contributed by atoms with Crippen LogP contribution in [0.3, 0.4) is 0 Å². The highest BCUT2D eigenvalue weighted by Gasteiger charge is 2.05. The molecule has 1 aromatic heterocycles. The van der Waals surface area contributed by atoms with Crippen molar-refractivity contribution in [2.24, 2.45) is 0 Å². The van der Waals surface area contributed by atoms with E-state index < -0.39 is 0 Å². The van der Waals surface area contributed by atoms with E-state index >= 15 is 0 Å². The normalized spacial score (nSPS) is 10.2. The van der Waals surface area contributed by atoms with E-state index in [4.69, 9.17) is 10.5 Å². The lowest BCUT2D eigenvalue weighted by molar-refractivity contribution is -0.142. The molecule has 0 atom stereocenters. The van der Waals surface area contributed by atoms with Gasteiger partial charge in [-0.3, -0.25) is 4.79 Å². The Labute approximate surface area is 109 Å². The van der Waals surface area contributed by atoms with Gasteiger partial charge in [0, 0.05) is 17.5 Å². The molecule has 1 aromatic carbocycles. The molecule has 94 valence electrons. The van der Waals surface area contributed by atoms with Gasteiger partial charge in [0.15, 0.2) is 0 Å². The Balaban J connectivity index is 1.75. The van der Waals surface area contributed by atoms with Gasteiger partial charge in [-0.25, -0.2) is 4.98 Å². The predicted octanol–water partition coefficient (Wildman–Crippen LogP) is 2.05. The Bertz CT molecular complexity index is 511. The predicted molar refractivity (Wildman–Crippen MR) is 71.3 cm³/mol. The third-order valence-electron chi connectivity index (χ3n) is 2.40. The maximum Gasteiger partial charge on any atom is 0.310 e. The van der Waals surface area contributed by atoms with E-state index in [0.29, 0.717) is 18.7 Å². The van der Waals surface area contributed by atoms with Crippen molar-refractivity contribution < 1.29 is 9.53 Å². The maximum absolute atomic E-state index is 11.6. The summed E-state index contributed by atoms with van der Waals surface area (Å²) in [6.45, 7) is 0.366. The lowest BCUT2D eigenvalue weighted by Crippen LogP contribution is -2.10. The summed E-state index contributed by atoms with van der Waals surface area (Å²) >= 11 is 1.54. The highest BCUT2D eigenvalue weighted by atomic mass is 32.1. The Morgan fingerprint density at radius 1 is 1.44 bits per heavy atom. The van der Waals surface area contributed by atoms with Gasteiger partial charge < -0.3 is 10.5 Å². The standard InChI is InChI=1S/C13H14N2O2S/c14-11-3-1-2-10(6-11)7-13(16)17-5-4-12-8-18-9-15-12/h1-3,6,8-9H,4-5,7,14H2. The van der Waals surface area contributed by atoms with Crippen LogP contribution in [0.2, 0.25) is 0 Å². The average molecular weight is 262 g/mol. The van der Waals surface area contributed by atoms with Gasteiger partial charge >= 0.3 is 5.97 Å². The fraction of sp³-hybridized carbons (Fsp3) is 0.231. The zero-order valence-electron chi connectivity index (χ0n) is 9.83. The number of nitrogen functional groups attached to an aromatic ring is 1. The van der Waals surface area contributed by atoms with Crippen molar-refractivity contribution in [2.45, 2.75) is 12.8 Å². The summed E-state index contributed by atoms with van der Waals surface area (Å²) in [7, 11) is 0. The Kier molecular flexibility index (Phi) is 4.30. The van der Waals surface area contributed by atoms with E-state index in [1.54, 1.807) is 17.6 Å². The fourth-order valence-electron chi connectivity index (χ4n) is 1.55. The van der Waals surface area contributed by atoms with Gasteiger partial charge in [0.05, 0.1) is 24.2 Å². The summed E-state index contributed by atoms with van der Waals surface area (Å²) in [5.41, 5.74) is 9.89. The van der Waals surface area contributed by atoms with Crippen LogP contribution < -0.4 is 5.73 Å². The van der Waals surface area contributed by atoms with Crippen LogP contribution in [0.15, 0.2) is 35.2 Å². The summed E-state index contributed by atoms with van der Waals surface area (Å²) in [4.78, 5) is 15.7. The molecule has 0 bridgehead atoms. The minimum Gasteiger partial charge on any atom is -0.465 e. The zero-order chi connectivity index (χ0) is 12.8. The highest BCUT2D eigenvalue weighted by Crippen LogP contribution is 2.08. The van der Waals surface area contributed by atoms with Crippen molar-refractivity contribution >= 4 is 23.0 Å². The van der Waals surface area contributed by atoms with Gasteiger partial charge in [-0.15, -0.1) is 11.3 Å². The number of nitrogens with zero attached hydrogens (tertiary/aromatic N) is 1. The van der Waals surface area contributed by atoms with Crippen LogP contribution in [0.25, 0.3) is 0 Å². The second-order valence-corrected chi connectivity index (χ2v) is 4.59. The number of rotatable bonds is 5. The molecule has 0 saturated heterocycles. The monoisotopic (exact) mass is 262 g/mol. The van der Waals surface area contributed by atoms with Gasteiger partial charge in [-0.2, -0.15) is 0 Å². The number of hydrogen-bond donors (Lipinski definition) is 1. The number of benzene rings is 1. The van der Waals surface area contributed by atoms with Crippen molar-refractivity contribution in [1.29, 1.82) is 0 Å². The first kappa shape index (κ1) is 12.6. The molecule has 0 unspecified atom stereocenters. The third-order valence-corrected chi connectivity index (χ3v) is 3.04. The SMILES string of the molecule is Nc1cccc(CC(=O)OCCc2cscn2)c1. The molecule has 1 heterocycles. The van der Waals surface area contributed by atoms with E-state index in [9.17, 15) is 4.79 Å². The van der Waals surface area contributed by atoms with Crippen molar-refractivity contribution in [1.82, 2.24) is 4.98 Å². The molecular weight excluding hydrogens is 248 g/mol. The first-order valence-electron chi connectivity index (χ1n) is 5.61. The number of aromatic nitrogens is 1. The van der Waals surface area contributed by atoms with E-state index in [1.165, 1.54) is 11.3 Å². The Morgan fingerprint density at radius 3 is 3.06 bits per heavy atom. The first-order valence-corrected chi connectivity index (χ1v) is 6.55. The number of carbonyl (C=O) groups excluding carboxylic acids is 1. The topological polar surface area (TPSA) is 65.2 Å². The molecular formula is C13H14N2O2S. The van der Waals surface area contributed by atoms with Crippen LogP contribution in [-0.2, 0) is 22.4 Å². The molecule has 5 heteroatoms. The lowest BCUT2D eigenvalue weighted by Gasteiger charge is -2.04. The molecule has 0 spiro atoms. The summed E-state index contributed by atoms with van der Waals surface area (Å²) in [5, 5.41) is 1.95. The van der Waals surface area contributed by atoms with Crippen molar-refractivity contribution in [2.75, 3.05) is 12.3 Å². The Morgan fingerprint density at radius 2 is 2.33 bits per heavy atom. The van der Waals surface area contributed by atoms with Crippen molar-refractivity contribution in [3.05, 3.63) is 46.4 Å². The zero-order valence-corrected chi connectivity index (χ0v) is 10.7. The summed E-state index contributed by atoms with van der Waals surface area (Å²) in [6, 6.07) is 7.25.